The quantitative estimate of drug-likeness (QED) is 0.425. The number of carbonyl (C=O) groups is 3. The maximum atomic E-state index is 12.0. The molecule has 0 heterocycles. The van der Waals surface area contributed by atoms with Crippen molar-refractivity contribution in [3.63, 3.8) is 0 Å². The molecule has 1 N–H and O–H groups in total. The van der Waals surface area contributed by atoms with Crippen LogP contribution in [-0.4, -0.2) is 36.5 Å². The minimum Gasteiger partial charge on any atom is -0.465 e. The van der Waals surface area contributed by atoms with Gasteiger partial charge < -0.3 is 14.8 Å². The van der Waals surface area contributed by atoms with E-state index in [0.717, 1.165) is 12.1 Å². The highest BCUT2D eigenvalue weighted by molar-refractivity contribution is 6.31. The Bertz CT molecular complexity index is 913. The molecular weight excluding hydrogens is 392 g/mol. The van der Waals surface area contributed by atoms with Crippen molar-refractivity contribution in [2.45, 2.75) is 6.54 Å². The van der Waals surface area contributed by atoms with E-state index in [9.17, 15) is 24.5 Å². The molecule has 0 aliphatic heterocycles. The van der Waals surface area contributed by atoms with E-state index in [4.69, 9.17) is 16.3 Å². The largest absolute Gasteiger partial charge is 0.465 e. The van der Waals surface area contributed by atoms with Gasteiger partial charge in [-0.25, -0.2) is 9.59 Å². The molecular formula is C18H15ClN2O7. The predicted molar refractivity (Wildman–Crippen MR) is 98.0 cm³/mol. The number of carbonyl (C=O) groups excluding carboxylic acids is 3. The lowest BCUT2D eigenvalue weighted by Crippen LogP contribution is -2.28. The maximum absolute atomic E-state index is 12.0. The fraction of sp³-hybridized carbons (Fsp3) is 0.167. The lowest BCUT2D eigenvalue weighted by atomic mass is 10.1. The smallest absolute Gasteiger partial charge is 0.345 e. The molecule has 0 unspecified atom stereocenters. The molecule has 2 rings (SSSR count). The number of ether oxygens (including phenoxy) is 2. The van der Waals surface area contributed by atoms with Crippen LogP contribution in [0, 0.1) is 10.1 Å². The van der Waals surface area contributed by atoms with Gasteiger partial charge in [0.2, 0.25) is 0 Å². The average molecular weight is 407 g/mol. The minimum atomic E-state index is -1.01. The normalized spacial score (nSPS) is 10.1. The van der Waals surface area contributed by atoms with Crippen molar-refractivity contribution in [3.05, 3.63) is 74.3 Å². The van der Waals surface area contributed by atoms with Gasteiger partial charge in [-0.1, -0.05) is 23.7 Å². The molecule has 0 radical (unpaired) electrons. The Kier molecular flexibility index (Phi) is 7.05. The summed E-state index contributed by atoms with van der Waals surface area (Å²) in [4.78, 5) is 45.4. The molecule has 0 saturated heterocycles. The number of methoxy groups -OCH3 is 1. The lowest BCUT2D eigenvalue weighted by Gasteiger charge is -2.08. The van der Waals surface area contributed by atoms with Gasteiger partial charge in [0.15, 0.2) is 6.61 Å². The van der Waals surface area contributed by atoms with E-state index in [1.165, 1.54) is 13.2 Å². The summed E-state index contributed by atoms with van der Waals surface area (Å²) in [5, 5.41) is 13.6. The second kappa shape index (κ2) is 9.47. The van der Waals surface area contributed by atoms with Crippen LogP contribution < -0.4 is 5.32 Å². The molecule has 1 amide bonds. The molecule has 0 aromatic heterocycles. The van der Waals surface area contributed by atoms with Crippen LogP contribution in [0.2, 0.25) is 5.02 Å². The summed E-state index contributed by atoms with van der Waals surface area (Å²) in [6.45, 7) is -0.474. The van der Waals surface area contributed by atoms with Crippen LogP contribution in [0.3, 0.4) is 0 Å². The fourth-order valence-corrected chi connectivity index (χ4v) is 2.33. The van der Waals surface area contributed by atoms with Crippen molar-refractivity contribution in [1.82, 2.24) is 5.32 Å². The number of nitrogens with zero attached hydrogens (tertiary/aromatic N) is 1. The first-order valence-corrected chi connectivity index (χ1v) is 8.24. The number of nitro groups is 1. The summed E-state index contributed by atoms with van der Waals surface area (Å²) in [6, 6.07) is 9.86. The Balaban J connectivity index is 1.88. The number of esters is 2. The van der Waals surface area contributed by atoms with Crippen LogP contribution in [0.15, 0.2) is 42.5 Å². The topological polar surface area (TPSA) is 125 Å². The molecule has 28 heavy (non-hydrogen) atoms. The zero-order valence-electron chi connectivity index (χ0n) is 14.6. The first kappa shape index (κ1) is 20.8. The molecule has 146 valence electrons. The first-order valence-electron chi connectivity index (χ1n) is 7.87. The lowest BCUT2D eigenvalue weighted by molar-refractivity contribution is -0.385. The maximum Gasteiger partial charge on any atom is 0.345 e. The third-order valence-electron chi connectivity index (χ3n) is 3.58. The van der Waals surface area contributed by atoms with Gasteiger partial charge in [-0.2, -0.15) is 0 Å². The number of amides is 1. The van der Waals surface area contributed by atoms with Gasteiger partial charge in [-0.15, -0.1) is 0 Å². The molecule has 0 aliphatic rings. The first-order chi connectivity index (χ1) is 13.3. The Hall–Kier alpha value is -3.46. The Morgan fingerprint density at radius 3 is 2.39 bits per heavy atom. The summed E-state index contributed by atoms with van der Waals surface area (Å²) in [5.41, 5.74) is 0.265. The van der Waals surface area contributed by atoms with Gasteiger partial charge >= 0.3 is 11.9 Å². The van der Waals surface area contributed by atoms with Gasteiger partial charge in [-0.05, 0) is 29.8 Å². The fourth-order valence-electron chi connectivity index (χ4n) is 2.17. The van der Waals surface area contributed by atoms with E-state index >= 15 is 0 Å². The predicted octanol–water partition coefficient (Wildman–Crippen LogP) is 2.51. The van der Waals surface area contributed by atoms with Gasteiger partial charge in [-0.3, -0.25) is 14.9 Å². The van der Waals surface area contributed by atoms with Gasteiger partial charge in [0.05, 0.1) is 17.6 Å². The molecule has 0 fully saturated rings. The second-order valence-electron chi connectivity index (χ2n) is 5.46. The van der Waals surface area contributed by atoms with Crippen LogP contribution in [-0.2, 0) is 20.8 Å². The molecule has 0 atom stereocenters. The zero-order valence-corrected chi connectivity index (χ0v) is 15.4. The van der Waals surface area contributed by atoms with Gasteiger partial charge in [0, 0.05) is 17.6 Å². The molecule has 0 saturated carbocycles. The number of rotatable bonds is 7. The van der Waals surface area contributed by atoms with E-state index in [-0.39, 0.29) is 17.1 Å². The highest BCUT2D eigenvalue weighted by Gasteiger charge is 2.22. The molecule has 2 aromatic rings. The Labute approximate surface area is 164 Å². The monoisotopic (exact) mass is 406 g/mol. The molecule has 0 spiro atoms. The van der Waals surface area contributed by atoms with Crippen LogP contribution in [0.4, 0.5) is 5.69 Å². The van der Waals surface area contributed by atoms with Crippen molar-refractivity contribution in [2.24, 2.45) is 0 Å². The van der Waals surface area contributed by atoms with E-state index in [1.54, 1.807) is 24.3 Å². The third-order valence-corrected chi connectivity index (χ3v) is 3.81. The van der Waals surface area contributed by atoms with E-state index in [1.807, 2.05) is 0 Å². The zero-order chi connectivity index (χ0) is 20.7. The van der Waals surface area contributed by atoms with Crippen molar-refractivity contribution >= 4 is 35.1 Å². The van der Waals surface area contributed by atoms with Gasteiger partial charge in [0.25, 0.3) is 11.6 Å². The number of benzene rings is 2. The molecule has 0 aliphatic carbocycles. The second-order valence-corrected chi connectivity index (χ2v) is 5.90. The average Bonchev–Trinajstić information content (AvgIpc) is 2.70. The summed E-state index contributed by atoms with van der Waals surface area (Å²) < 4.78 is 9.40. The van der Waals surface area contributed by atoms with Crippen molar-refractivity contribution < 1.29 is 28.8 Å². The highest BCUT2D eigenvalue weighted by atomic mass is 35.5. The van der Waals surface area contributed by atoms with Crippen molar-refractivity contribution in [3.8, 4) is 0 Å². The molecule has 10 heteroatoms. The van der Waals surface area contributed by atoms with E-state index in [0.29, 0.717) is 11.1 Å². The Morgan fingerprint density at radius 2 is 1.79 bits per heavy atom. The summed E-state index contributed by atoms with van der Waals surface area (Å²) >= 11 is 5.68. The Morgan fingerprint density at radius 1 is 1.11 bits per heavy atom. The SMILES string of the molecule is COC(=O)c1ccc(CNC(=O)COC(=O)c2ccc(Cl)cc2[N+](=O)[O-])cc1. The van der Waals surface area contributed by atoms with Crippen LogP contribution in [0.5, 0.6) is 0 Å². The summed E-state index contributed by atoms with van der Waals surface area (Å²) in [5.74, 6) is -2.08. The number of nitro benzene ring substituents is 1. The molecule has 0 bridgehead atoms. The number of halogens is 1. The minimum absolute atomic E-state index is 0.0965. The molecule has 9 nitrogen and oxygen atoms in total. The van der Waals surface area contributed by atoms with Crippen molar-refractivity contribution in [2.75, 3.05) is 13.7 Å². The van der Waals surface area contributed by atoms with Crippen molar-refractivity contribution in [1.29, 1.82) is 0 Å². The number of hydrogen-bond donors (Lipinski definition) is 1. The van der Waals surface area contributed by atoms with Crippen LogP contribution in [0.25, 0.3) is 0 Å². The summed E-state index contributed by atoms with van der Waals surface area (Å²) in [7, 11) is 1.27. The van der Waals surface area contributed by atoms with E-state index < -0.39 is 35.1 Å². The highest BCUT2D eigenvalue weighted by Crippen LogP contribution is 2.23. The van der Waals surface area contributed by atoms with E-state index in [2.05, 4.69) is 10.1 Å². The number of hydrogen-bond acceptors (Lipinski definition) is 7. The van der Waals surface area contributed by atoms with Gasteiger partial charge in [0.1, 0.15) is 5.56 Å². The summed E-state index contributed by atoms with van der Waals surface area (Å²) in [6.07, 6.45) is 0. The standard InChI is InChI=1S/C18H15ClN2O7/c1-27-17(23)12-4-2-11(3-5-12)9-20-16(22)10-28-18(24)14-7-6-13(19)8-15(14)21(25)26/h2-8H,9-10H2,1H3,(H,20,22). The van der Waals surface area contributed by atoms with Crippen LogP contribution in [0.1, 0.15) is 26.3 Å². The molecule has 2 aromatic carbocycles. The number of nitrogens with one attached hydrogen (secondary N) is 1. The third kappa shape index (κ3) is 5.52. The van der Waals surface area contributed by atoms with Crippen LogP contribution >= 0.6 is 11.6 Å².